The second-order valence-electron chi connectivity index (χ2n) is 5.02. The largest absolute Gasteiger partial charge is 0.469 e. The zero-order valence-electron chi connectivity index (χ0n) is 11.4. The molecule has 1 heterocycles. The Kier molecular flexibility index (Phi) is 4.70. The third-order valence-electron chi connectivity index (χ3n) is 3.61. The van der Waals surface area contributed by atoms with Gasteiger partial charge in [0.25, 0.3) is 0 Å². The fourth-order valence-corrected chi connectivity index (χ4v) is 2.56. The summed E-state index contributed by atoms with van der Waals surface area (Å²) < 4.78 is 18.5. The maximum Gasteiger partial charge on any atom is 0.309 e. The van der Waals surface area contributed by atoms with Crippen molar-refractivity contribution in [2.45, 2.75) is 19.4 Å². The number of nitrogens with zero attached hydrogens (tertiary/aromatic N) is 2. The Balaban J connectivity index is 2.06. The number of ether oxygens (including phenoxy) is 1. The van der Waals surface area contributed by atoms with E-state index < -0.39 is 0 Å². The van der Waals surface area contributed by atoms with Crippen molar-refractivity contribution in [3.05, 3.63) is 35.1 Å². The first kappa shape index (κ1) is 14.5. The first-order valence-corrected chi connectivity index (χ1v) is 6.62. The van der Waals surface area contributed by atoms with Crippen LogP contribution in [0.15, 0.2) is 18.2 Å². The molecule has 1 unspecified atom stereocenters. The van der Waals surface area contributed by atoms with Gasteiger partial charge >= 0.3 is 5.97 Å². The molecule has 1 aromatic carbocycles. The van der Waals surface area contributed by atoms with Gasteiger partial charge in [0.1, 0.15) is 5.82 Å². The van der Waals surface area contributed by atoms with Gasteiger partial charge in [0.2, 0.25) is 0 Å². The standard InChI is InChI=1S/C15H17FN2O2/c1-20-15(19)12-3-2-6-18(9-12)10-13-7-11(8-17)4-5-14(13)16/h4-5,7,12H,2-3,6,9-10H2,1H3. The van der Waals surface area contributed by atoms with Crippen LogP contribution in [0.3, 0.4) is 0 Å². The van der Waals surface area contributed by atoms with Crippen molar-refractivity contribution < 1.29 is 13.9 Å². The Bertz CT molecular complexity index is 539. The van der Waals surface area contributed by atoms with Gasteiger partial charge in [-0.1, -0.05) is 0 Å². The van der Waals surface area contributed by atoms with Gasteiger partial charge in [-0.2, -0.15) is 5.26 Å². The molecule has 0 bridgehead atoms. The molecule has 1 saturated heterocycles. The van der Waals surface area contributed by atoms with Crippen LogP contribution in [-0.4, -0.2) is 31.1 Å². The van der Waals surface area contributed by atoms with Gasteiger partial charge in [0.05, 0.1) is 24.7 Å². The fourth-order valence-electron chi connectivity index (χ4n) is 2.56. The maximum atomic E-state index is 13.8. The molecule has 1 aliphatic rings. The predicted octanol–water partition coefficient (Wildman–Crippen LogP) is 2.08. The van der Waals surface area contributed by atoms with E-state index in [1.165, 1.54) is 19.2 Å². The van der Waals surface area contributed by atoms with Crippen molar-refractivity contribution >= 4 is 5.97 Å². The lowest BCUT2D eigenvalue weighted by atomic mass is 9.97. The van der Waals surface area contributed by atoms with Gasteiger partial charge in [-0.05, 0) is 37.6 Å². The number of likely N-dealkylation sites (tertiary alicyclic amines) is 1. The molecule has 0 amide bonds. The summed E-state index contributed by atoms with van der Waals surface area (Å²) in [4.78, 5) is 13.6. The number of carbonyl (C=O) groups is 1. The minimum atomic E-state index is -0.316. The molecule has 2 rings (SSSR count). The van der Waals surface area contributed by atoms with Crippen LogP contribution in [0.25, 0.3) is 0 Å². The lowest BCUT2D eigenvalue weighted by Crippen LogP contribution is -2.38. The van der Waals surface area contributed by atoms with E-state index in [0.29, 0.717) is 24.2 Å². The number of hydrogen-bond donors (Lipinski definition) is 0. The van der Waals surface area contributed by atoms with E-state index in [0.717, 1.165) is 19.4 Å². The SMILES string of the molecule is COC(=O)C1CCCN(Cc2cc(C#N)ccc2F)C1. The van der Waals surface area contributed by atoms with Crippen molar-refractivity contribution in [2.75, 3.05) is 20.2 Å². The summed E-state index contributed by atoms with van der Waals surface area (Å²) in [5.41, 5.74) is 0.942. The van der Waals surface area contributed by atoms with Crippen LogP contribution in [0.1, 0.15) is 24.0 Å². The van der Waals surface area contributed by atoms with E-state index in [9.17, 15) is 9.18 Å². The first-order valence-electron chi connectivity index (χ1n) is 6.62. The monoisotopic (exact) mass is 276 g/mol. The van der Waals surface area contributed by atoms with Gasteiger partial charge < -0.3 is 4.74 Å². The highest BCUT2D eigenvalue weighted by atomic mass is 19.1. The van der Waals surface area contributed by atoms with Gasteiger partial charge in [0.15, 0.2) is 0 Å². The molecule has 0 aliphatic carbocycles. The zero-order chi connectivity index (χ0) is 14.5. The Morgan fingerprint density at radius 2 is 2.40 bits per heavy atom. The average molecular weight is 276 g/mol. The second kappa shape index (κ2) is 6.49. The quantitative estimate of drug-likeness (QED) is 0.793. The van der Waals surface area contributed by atoms with Crippen molar-refractivity contribution in [2.24, 2.45) is 5.92 Å². The van der Waals surface area contributed by atoms with Crippen molar-refractivity contribution in [3.8, 4) is 6.07 Å². The van der Waals surface area contributed by atoms with Crippen LogP contribution in [0.2, 0.25) is 0 Å². The van der Waals surface area contributed by atoms with E-state index in [1.807, 2.05) is 11.0 Å². The highest BCUT2D eigenvalue weighted by Gasteiger charge is 2.26. The topological polar surface area (TPSA) is 53.3 Å². The third-order valence-corrected chi connectivity index (χ3v) is 3.61. The molecule has 1 aliphatic heterocycles. The van der Waals surface area contributed by atoms with E-state index in [1.54, 1.807) is 6.07 Å². The summed E-state index contributed by atoms with van der Waals surface area (Å²) in [5, 5.41) is 8.86. The van der Waals surface area contributed by atoms with Crippen LogP contribution in [-0.2, 0) is 16.1 Å². The predicted molar refractivity (Wildman–Crippen MR) is 71.1 cm³/mol. The molecule has 0 saturated carbocycles. The highest BCUT2D eigenvalue weighted by Crippen LogP contribution is 2.21. The Hall–Kier alpha value is -1.93. The van der Waals surface area contributed by atoms with E-state index in [2.05, 4.69) is 0 Å². The number of rotatable bonds is 3. The molecule has 0 N–H and O–H groups in total. The average Bonchev–Trinajstić information content (AvgIpc) is 2.49. The summed E-state index contributed by atoms with van der Waals surface area (Å²) in [6, 6.07) is 6.35. The number of nitriles is 1. The summed E-state index contributed by atoms with van der Waals surface area (Å²) in [7, 11) is 1.39. The Morgan fingerprint density at radius 1 is 1.60 bits per heavy atom. The molecule has 1 aromatic rings. The minimum Gasteiger partial charge on any atom is -0.469 e. The van der Waals surface area contributed by atoms with Gasteiger partial charge in [0, 0.05) is 18.7 Å². The van der Waals surface area contributed by atoms with Gasteiger partial charge in [-0.15, -0.1) is 0 Å². The number of methoxy groups -OCH3 is 1. The molecule has 4 nitrogen and oxygen atoms in total. The molecule has 1 atom stereocenters. The number of hydrogen-bond acceptors (Lipinski definition) is 4. The summed E-state index contributed by atoms with van der Waals surface area (Å²) in [5.74, 6) is -0.666. The van der Waals surface area contributed by atoms with Gasteiger partial charge in [-0.3, -0.25) is 9.69 Å². The number of esters is 1. The number of piperidine rings is 1. The van der Waals surface area contributed by atoms with Crippen molar-refractivity contribution in [3.63, 3.8) is 0 Å². The van der Waals surface area contributed by atoms with E-state index >= 15 is 0 Å². The molecular weight excluding hydrogens is 259 g/mol. The molecule has 20 heavy (non-hydrogen) atoms. The molecular formula is C15H17FN2O2. The molecule has 1 fully saturated rings. The van der Waals surface area contributed by atoms with E-state index in [-0.39, 0.29) is 17.7 Å². The Morgan fingerprint density at radius 3 is 3.10 bits per heavy atom. The van der Waals surface area contributed by atoms with Crippen LogP contribution >= 0.6 is 0 Å². The van der Waals surface area contributed by atoms with Crippen LogP contribution < -0.4 is 0 Å². The molecule has 0 radical (unpaired) electrons. The zero-order valence-corrected chi connectivity index (χ0v) is 11.4. The summed E-state index contributed by atoms with van der Waals surface area (Å²) in [6.45, 7) is 1.81. The number of halogens is 1. The lowest BCUT2D eigenvalue weighted by molar-refractivity contribution is -0.147. The van der Waals surface area contributed by atoms with Crippen molar-refractivity contribution in [1.82, 2.24) is 4.90 Å². The van der Waals surface area contributed by atoms with Gasteiger partial charge in [-0.25, -0.2) is 4.39 Å². The second-order valence-corrected chi connectivity index (χ2v) is 5.02. The third kappa shape index (κ3) is 3.34. The fraction of sp³-hybridized carbons (Fsp3) is 0.467. The highest BCUT2D eigenvalue weighted by molar-refractivity contribution is 5.72. The normalized spacial score (nSPS) is 19.4. The first-order chi connectivity index (χ1) is 9.63. The maximum absolute atomic E-state index is 13.8. The summed E-state index contributed by atoms with van der Waals surface area (Å²) >= 11 is 0. The lowest BCUT2D eigenvalue weighted by Gasteiger charge is -2.31. The van der Waals surface area contributed by atoms with E-state index in [4.69, 9.17) is 10.00 Å². The van der Waals surface area contributed by atoms with Crippen LogP contribution in [0, 0.1) is 23.1 Å². The number of carbonyl (C=O) groups excluding carboxylic acids is 1. The molecule has 0 aromatic heterocycles. The minimum absolute atomic E-state index is 0.143. The summed E-state index contributed by atoms with van der Waals surface area (Å²) in [6.07, 6.45) is 1.70. The van der Waals surface area contributed by atoms with Crippen LogP contribution in [0.4, 0.5) is 4.39 Å². The molecule has 0 spiro atoms. The molecule has 106 valence electrons. The van der Waals surface area contributed by atoms with Crippen LogP contribution in [0.5, 0.6) is 0 Å². The number of benzene rings is 1. The molecule has 5 heteroatoms. The Labute approximate surface area is 117 Å². The smallest absolute Gasteiger partial charge is 0.309 e. The van der Waals surface area contributed by atoms with Crippen molar-refractivity contribution in [1.29, 1.82) is 5.26 Å².